The zero-order valence-corrected chi connectivity index (χ0v) is 53.8. The van der Waals surface area contributed by atoms with Crippen molar-refractivity contribution in [2.45, 2.75) is 78.6 Å². The quantitative estimate of drug-likeness (QED) is 0.0791. The van der Waals surface area contributed by atoms with Gasteiger partial charge in [0.15, 0.2) is 11.6 Å². The van der Waals surface area contributed by atoms with Crippen molar-refractivity contribution < 1.29 is 22.5 Å². The van der Waals surface area contributed by atoms with Crippen molar-refractivity contribution in [1.82, 2.24) is 0 Å². The third-order valence-corrected chi connectivity index (χ3v) is 24.5. The van der Waals surface area contributed by atoms with Gasteiger partial charge < -0.3 is 9.80 Å². The standard InChI is InChI=1S/C76H74F2N2Si4/c1-81(2,3)61-31-19-23-53(43-61)57-47-67(55-25-21-33-63(45-55)83(7,8)9)75(77)71(49-57)79(59-27-15-13-16-28-59)69-41-37-51-36-40-66-70(42-38-52-35-39-65(69)73(51)74(52)66)80(60-29-17-14-18-30-60)72-50-58(54-24-20-32-62(44-54)82(4,5)6)48-68(76(72)78)56-26-22-34-64(46-56)84(10,11)12/h13-50H,1-12H3/i13D,14D,15D,16D,17D,18D,27D,28D,29D,30D. The highest BCUT2D eigenvalue weighted by molar-refractivity contribution is 6.90. The molecule has 0 aliphatic heterocycles. The summed E-state index contributed by atoms with van der Waals surface area (Å²) in [5.74, 6) is -1.37. The lowest BCUT2D eigenvalue weighted by Gasteiger charge is -2.31. The Labute approximate surface area is 514 Å². The van der Waals surface area contributed by atoms with E-state index in [1.54, 1.807) is 24.3 Å². The Kier molecular flexibility index (Phi) is 11.7. The molecule has 0 aliphatic rings. The molecule has 0 aliphatic carbocycles. The molecule has 12 aromatic rings. The van der Waals surface area contributed by atoms with Crippen molar-refractivity contribution in [3.05, 3.63) is 242 Å². The minimum absolute atomic E-state index is 0.0668. The van der Waals surface area contributed by atoms with E-state index in [4.69, 9.17) is 8.22 Å². The van der Waals surface area contributed by atoms with Gasteiger partial charge in [-0.3, -0.25) is 0 Å². The second kappa shape index (κ2) is 21.6. The van der Waals surface area contributed by atoms with Crippen molar-refractivity contribution in [1.29, 1.82) is 0 Å². The van der Waals surface area contributed by atoms with Gasteiger partial charge >= 0.3 is 0 Å². The van der Waals surface area contributed by atoms with E-state index in [1.165, 1.54) is 20.2 Å². The van der Waals surface area contributed by atoms with Crippen LogP contribution in [0.5, 0.6) is 0 Å². The fourth-order valence-electron chi connectivity index (χ4n) is 11.5. The first-order valence-corrected chi connectivity index (χ1v) is 42.7. The normalized spacial score (nSPS) is 14.1. The van der Waals surface area contributed by atoms with Gasteiger partial charge in [0.1, 0.15) is 0 Å². The molecule has 0 amide bonds. The summed E-state index contributed by atoms with van der Waals surface area (Å²) >= 11 is 0. The summed E-state index contributed by atoms with van der Waals surface area (Å²) in [6.45, 7) is 26.9. The smallest absolute Gasteiger partial charge is 0.155 e. The molecule has 0 unspecified atom stereocenters. The van der Waals surface area contributed by atoms with Crippen LogP contribution in [0.3, 0.4) is 0 Å². The maximum absolute atomic E-state index is 19.0. The largest absolute Gasteiger partial charge is 0.307 e. The first-order chi connectivity index (χ1) is 44.1. The zero-order valence-electron chi connectivity index (χ0n) is 59.8. The van der Waals surface area contributed by atoms with Crippen LogP contribution in [0.15, 0.2) is 230 Å². The molecular formula is C76H74F2N2Si4. The van der Waals surface area contributed by atoms with E-state index in [0.29, 0.717) is 54.6 Å². The van der Waals surface area contributed by atoms with Crippen LogP contribution in [0.25, 0.3) is 76.8 Å². The van der Waals surface area contributed by atoms with Gasteiger partial charge in [-0.1, -0.05) is 269 Å². The molecular weight excluding hydrogens is 1090 g/mol. The SMILES string of the molecule is [2H]c1c([2H])c([2H])c(N(c2cc(-c3cccc([Si](C)(C)C)c3)cc(-c3cccc([Si](C)(C)C)c3)c2F)c2ccc3ccc4c(N(c5cc(-c6cccc([Si](C)(C)C)c6)cc(-c6cccc([Si](C)(C)C)c6)c5F)c5c([2H])c([2H])c([2H])c([2H])c5[2H])ccc5ccc2c3c54)c([2H])c1[2H]. The molecule has 0 aromatic heterocycles. The Bertz CT molecular complexity index is 4720. The number of nitrogens with zero attached hydrogens (tertiary/aromatic N) is 2. The maximum atomic E-state index is 19.0. The number of rotatable bonds is 14. The first-order valence-electron chi connectivity index (χ1n) is 33.7. The molecule has 0 spiro atoms. The summed E-state index contributed by atoms with van der Waals surface area (Å²) in [5.41, 5.74) is 4.52. The van der Waals surface area contributed by atoms with Gasteiger partial charge in [-0.05, 0) is 115 Å². The fourth-order valence-corrected chi connectivity index (χ4v) is 16.3. The summed E-state index contributed by atoms with van der Waals surface area (Å²) in [6.07, 6.45) is 0. The van der Waals surface area contributed by atoms with E-state index < -0.39 is 104 Å². The van der Waals surface area contributed by atoms with E-state index in [2.05, 4.69) is 115 Å². The van der Waals surface area contributed by atoms with E-state index >= 15 is 8.78 Å². The molecule has 0 N–H and O–H groups in total. The predicted octanol–water partition coefficient (Wildman–Crippen LogP) is 20.7. The number of hydrogen-bond acceptors (Lipinski definition) is 2. The zero-order chi connectivity index (χ0) is 67.7. The minimum Gasteiger partial charge on any atom is -0.307 e. The average Bonchev–Trinajstić information content (AvgIpc) is 0.729. The van der Waals surface area contributed by atoms with Crippen LogP contribution in [0, 0.1) is 11.6 Å². The first kappa shape index (κ1) is 45.4. The summed E-state index contributed by atoms with van der Waals surface area (Å²) < 4.78 is 131. The molecule has 12 rings (SSSR count). The average molecular weight is 1180 g/mol. The summed E-state index contributed by atoms with van der Waals surface area (Å²) in [6, 6.07) is 48.4. The van der Waals surface area contributed by atoms with Gasteiger partial charge in [-0.25, -0.2) is 8.78 Å². The molecule has 0 fully saturated rings. The van der Waals surface area contributed by atoms with Crippen LogP contribution < -0.4 is 30.5 Å². The molecule has 84 heavy (non-hydrogen) atoms. The van der Waals surface area contributed by atoms with Crippen LogP contribution in [-0.4, -0.2) is 32.3 Å². The topological polar surface area (TPSA) is 6.48 Å². The number of hydrogen-bond donors (Lipinski definition) is 0. The van der Waals surface area contributed by atoms with Crippen LogP contribution in [0.4, 0.5) is 42.9 Å². The van der Waals surface area contributed by atoms with E-state index in [0.717, 1.165) is 21.5 Å². The number of anilines is 6. The predicted molar refractivity (Wildman–Crippen MR) is 373 cm³/mol. The third-order valence-electron chi connectivity index (χ3n) is 16.3. The number of benzene rings is 12. The Balaban J connectivity index is 1.20. The Morgan fingerprint density at radius 1 is 0.310 bits per heavy atom. The summed E-state index contributed by atoms with van der Waals surface area (Å²) in [7, 11) is -7.78. The molecule has 2 nitrogen and oxygen atoms in total. The molecule has 0 bridgehead atoms. The molecule has 0 heterocycles. The van der Waals surface area contributed by atoms with Crippen molar-refractivity contribution >= 4 is 119 Å². The van der Waals surface area contributed by atoms with Crippen molar-refractivity contribution in [2.75, 3.05) is 9.80 Å². The Morgan fingerprint density at radius 2 is 0.619 bits per heavy atom. The van der Waals surface area contributed by atoms with Crippen molar-refractivity contribution in [2.24, 2.45) is 0 Å². The molecule has 0 atom stereocenters. The van der Waals surface area contributed by atoms with Crippen LogP contribution in [-0.2, 0) is 0 Å². The molecule has 0 radical (unpaired) electrons. The van der Waals surface area contributed by atoms with Gasteiger partial charge in [0, 0.05) is 33.3 Å². The van der Waals surface area contributed by atoms with Gasteiger partial charge in [0.05, 0.1) is 68.8 Å². The fraction of sp³-hybridized carbons (Fsp3) is 0.158. The van der Waals surface area contributed by atoms with Crippen LogP contribution in [0.2, 0.25) is 78.6 Å². The summed E-state index contributed by atoms with van der Waals surface area (Å²) in [5, 5.41) is 8.23. The van der Waals surface area contributed by atoms with Crippen molar-refractivity contribution in [3.63, 3.8) is 0 Å². The lowest BCUT2D eigenvalue weighted by atomic mass is 9.91. The maximum Gasteiger partial charge on any atom is 0.155 e. The molecule has 0 saturated heterocycles. The van der Waals surface area contributed by atoms with Crippen LogP contribution >= 0.6 is 0 Å². The monoisotopic (exact) mass is 1170 g/mol. The van der Waals surface area contributed by atoms with Gasteiger partial charge in [-0.15, -0.1) is 0 Å². The van der Waals surface area contributed by atoms with Gasteiger partial charge in [-0.2, -0.15) is 0 Å². The third kappa shape index (κ3) is 10.7. The lowest BCUT2D eigenvalue weighted by molar-refractivity contribution is 0.632. The lowest BCUT2D eigenvalue weighted by Crippen LogP contribution is -2.37. The Morgan fingerprint density at radius 3 is 0.952 bits per heavy atom. The van der Waals surface area contributed by atoms with Gasteiger partial charge in [0.2, 0.25) is 0 Å². The molecule has 8 heteroatoms. The second-order valence-electron chi connectivity index (χ2n) is 26.2. The molecule has 12 aromatic carbocycles. The molecule has 0 saturated carbocycles. The van der Waals surface area contributed by atoms with Crippen molar-refractivity contribution in [3.8, 4) is 44.5 Å². The minimum atomic E-state index is -1.97. The number of halogens is 2. The highest BCUT2D eigenvalue weighted by Crippen LogP contribution is 2.50. The number of para-hydroxylation sites is 2. The van der Waals surface area contributed by atoms with Crippen LogP contribution in [0.1, 0.15) is 13.7 Å². The van der Waals surface area contributed by atoms with Gasteiger partial charge in [0.25, 0.3) is 0 Å². The Hall–Kier alpha value is -7.99. The summed E-state index contributed by atoms with van der Waals surface area (Å²) in [4.78, 5) is 2.94. The second-order valence-corrected chi connectivity index (χ2v) is 46.6. The highest BCUT2D eigenvalue weighted by atomic mass is 28.3. The molecule has 418 valence electrons. The van der Waals surface area contributed by atoms with E-state index in [1.807, 2.05) is 109 Å². The van der Waals surface area contributed by atoms with E-state index in [9.17, 15) is 5.48 Å². The van der Waals surface area contributed by atoms with E-state index in [-0.39, 0.29) is 45.3 Å². The highest BCUT2D eigenvalue weighted by Gasteiger charge is 2.29.